The topological polar surface area (TPSA) is 24.5 Å². The first-order valence-corrected chi connectivity index (χ1v) is 8.49. The summed E-state index contributed by atoms with van der Waals surface area (Å²) in [7, 11) is 2.03. The molecule has 3 heteroatoms. The molecule has 0 bridgehead atoms. The lowest BCUT2D eigenvalue weighted by Gasteiger charge is -2.41. The first-order valence-electron chi connectivity index (χ1n) is 8.49. The average Bonchev–Trinajstić information content (AvgIpc) is 2.58. The minimum absolute atomic E-state index is 0.626. The molecule has 0 radical (unpaired) electrons. The summed E-state index contributed by atoms with van der Waals surface area (Å²) in [5, 5.41) is 3.28. The van der Waals surface area contributed by atoms with E-state index in [-0.39, 0.29) is 0 Å². The monoisotopic (exact) mass is 310 g/mol. The van der Waals surface area contributed by atoms with Gasteiger partial charge in [-0.05, 0) is 43.1 Å². The number of nitrogens with one attached hydrogen (secondary N) is 1. The molecule has 1 unspecified atom stereocenters. The summed E-state index contributed by atoms with van der Waals surface area (Å²) in [5.74, 6) is 0.960. The van der Waals surface area contributed by atoms with Gasteiger partial charge in [-0.15, -0.1) is 0 Å². The molecule has 0 aromatic heterocycles. The zero-order chi connectivity index (χ0) is 15.9. The van der Waals surface area contributed by atoms with Crippen LogP contribution in [0.1, 0.15) is 17.5 Å². The molecule has 0 saturated carbocycles. The Hall–Kier alpha value is -1.84. The van der Waals surface area contributed by atoms with Gasteiger partial charge in [-0.25, -0.2) is 0 Å². The number of nitrogens with zero attached hydrogens (tertiary/aromatic N) is 1. The van der Waals surface area contributed by atoms with Crippen molar-refractivity contribution in [2.75, 3.05) is 26.7 Å². The molecule has 1 aliphatic heterocycles. The Kier molecular flexibility index (Phi) is 5.67. The highest BCUT2D eigenvalue weighted by atomic mass is 16.5. The van der Waals surface area contributed by atoms with Gasteiger partial charge in [0, 0.05) is 25.7 Å². The zero-order valence-electron chi connectivity index (χ0n) is 13.9. The maximum absolute atomic E-state index is 5.92. The van der Waals surface area contributed by atoms with Crippen LogP contribution in [0.5, 0.6) is 5.75 Å². The maximum Gasteiger partial charge on any atom is 0.120 e. The van der Waals surface area contributed by atoms with E-state index in [2.05, 4.69) is 40.5 Å². The van der Waals surface area contributed by atoms with Gasteiger partial charge in [0.1, 0.15) is 12.4 Å². The van der Waals surface area contributed by atoms with Crippen LogP contribution in [0.3, 0.4) is 0 Å². The molecule has 1 aliphatic rings. The Bertz CT molecular complexity index is 600. The van der Waals surface area contributed by atoms with Gasteiger partial charge in [-0.3, -0.25) is 4.90 Å². The second-order valence-corrected chi connectivity index (χ2v) is 6.21. The molecule has 122 valence electrons. The van der Waals surface area contributed by atoms with E-state index in [0.29, 0.717) is 6.61 Å². The van der Waals surface area contributed by atoms with Crippen molar-refractivity contribution in [3.05, 3.63) is 65.7 Å². The summed E-state index contributed by atoms with van der Waals surface area (Å²) < 4.78 is 5.92. The van der Waals surface area contributed by atoms with Gasteiger partial charge in [-0.2, -0.15) is 0 Å². The van der Waals surface area contributed by atoms with Crippen LogP contribution >= 0.6 is 0 Å². The van der Waals surface area contributed by atoms with Gasteiger partial charge < -0.3 is 10.1 Å². The maximum atomic E-state index is 5.92. The van der Waals surface area contributed by atoms with Crippen LogP contribution in [0.25, 0.3) is 0 Å². The predicted molar refractivity (Wildman–Crippen MR) is 94.8 cm³/mol. The fraction of sp³-hybridized carbons (Fsp3) is 0.400. The molecule has 23 heavy (non-hydrogen) atoms. The van der Waals surface area contributed by atoms with Crippen LogP contribution in [0, 0.1) is 0 Å². The van der Waals surface area contributed by atoms with Crippen LogP contribution in [0.15, 0.2) is 54.6 Å². The molecule has 0 amide bonds. The minimum atomic E-state index is 0.626. The van der Waals surface area contributed by atoms with Crippen molar-refractivity contribution >= 4 is 0 Å². The van der Waals surface area contributed by atoms with E-state index in [9.17, 15) is 0 Å². The lowest BCUT2D eigenvalue weighted by Crippen LogP contribution is -2.52. The van der Waals surface area contributed by atoms with Crippen molar-refractivity contribution in [1.82, 2.24) is 10.2 Å². The van der Waals surface area contributed by atoms with E-state index < -0.39 is 0 Å². The molecule has 1 N–H and O–H groups in total. The van der Waals surface area contributed by atoms with Crippen molar-refractivity contribution in [2.45, 2.75) is 25.5 Å². The van der Waals surface area contributed by atoms with E-state index in [1.165, 1.54) is 24.1 Å². The molecule has 2 aromatic rings. The van der Waals surface area contributed by atoms with Gasteiger partial charge >= 0.3 is 0 Å². The quantitative estimate of drug-likeness (QED) is 0.811. The SMILES string of the molecule is CNCC1CCN1CCc1cccc(OCc2ccccc2)c1. The molecular formula is C20H26N2O. The third kappa shape index (κ3) is 4.57. The standard InChI is InChI=1S/C20H26N2O/c1-21-15-19-11-13-22(19)12-10-17-8-5-9-20(14-17)23-16-18-6-3-2-4-7-18/h2-9,14,19,21H,10-13,15-16H2,1H3. The third-order valence-electron chi connectivity index (χ3n) is 4.54. The van der Waals surface area contributed by atoms with E-state index >= 15 is 0 Å². The number of rotatable bonds is 8. The second kappa shape index (κ2) is 8.14. The Morgan fingerprint density at radius 2 is 1.91 bits per heavy atom. The van der Waals surface area contributed by atoms with Crippen molar-refractivity contribution in [3.63, 3.8) is 0 Å². The molecular weight excluding hydrogens is 284 g/mol. The van der Waals surface area contributed by atoms with E-state index in [1.54, 1.807) is 0 Å². The minimum Gasteiger partial charge on any atom is -0.489 e. The summed E-state index contributed by atoms with van der Waals surface area (Å²) in [5.41, 5.74) is 2.55. The first-order chi connectivity index (χ1) is 11.3. The van der Waals surface area contributed by atoms with E-state index in [4.69, 9.17) is 4.74 Å². The van der Waals surface area contributed by atoms with Crippen LogP contribution in [0.4, 0.5) is 0 Å². The number of ether oxygens (including phenoxy) is 1. The van der Waals surface area contributed by atoms with Crippen molar-refractivity contribution < 1.29 is 4.74 Å². The Morgan fingerprint density at radius 1 is 1.09 bits per heavy atom. The average molecular weight is 310 g/mol. The predicted octanol–water partition coefficient (Wildman–Crippen LogP) is 3.10. The fourth-order valence-corrected chi connectivity index (χ4v) is 3.06. The molecule has 1 fully saturated rings. The number of benzene rings is 2. The van der Waals surface area contributed by atoms with Crippen molar-refractivity contribution in [3.8, 4) is 5.75 Å². The zero-order valence-corrected chi connectivity index (χ0v) is 13.9. The van der Waals surface area contributed by atoms with Gasteiger partial charge in [0.05, 0.1) is 0 Å². The fourth-order valence-electron chi connectivity index (χ4n) is 3.06. The molecule has 0 aliphatic carbocycles. The Morgan fingerprint density at radius 3 is 2.65 bits per heavy atom. The number of likely N-dealkylation sites (N-methyl/N-ethyl adjacent to an activating group) is 1. The number of likely N-dealkylation sites (tertiary alicyclic amines) is 1. The van der Waals surface area contributed by atoms with Crippen LogP contribution in [0.2, 0.25) is 0 Å². The smallest absolute Gasteiger partial charge is 0.120 e. The molecule has 1 saturated heterocycles. The van der Waals surface area contributed by atoms with Crippen LogP contribution in [-0.4, -0.2) is 37.6 Å². The molecule has 1 heterocycles. The third-order valence-corrected chi connectivity index (χ3v) is 4.54. The molecule has 0 spiro atoms. The van der Waals surface area contributed by atoms with Gasteiger partial charge in [0.15, 0.2) is 0 Å². The Balaban J connectivity index is 1.49. The highest BCUT2D eigenvalue weighted by molar-refractivity contribution is 5.29. The van der Waals surface area contributed by atoms with Gasteiger partial charge in [0.25, 0.3) is 0 Å². The van der Waals surface area contributed by atoms with E-state index in [1.807, 2.05) is 31.3 Å². The molecule has 2 aromatic carbocycles. The van der Waals surface area contributed by atoms with E-state index in [0.717, 1.165) is 31.3 Å². The second-order valence-electron chi connectivity index (χ2n) is 6.21. The van der Waals surface area contributed by atoms with Crippen LogP contribution < -0.4 is 10.1 Å². The largest absolute Gasteiger partial charge is 0.489 e. The molecule has 3 rings (SSSR count). The lowest BCUT2D eigenvalue weighted by molar-refractivity contribution is 0.0931. The van der Waals surface area contributed by atoms with Gasteiger partial charge in [-0.1, -0.05) is 42.5 Å². The van der Waals surface area contributed by atoms with Crippen LogP contribution in [-0.2, 0) is 13.0 Å². The molecule has 3 nitrogen and oxygen atoms in total. The summed E-state index contributed by atoms with van der Waals surface area (Å²) in [4.78, 5) is 2.56. The highest BCUT2D eigenvalue weighted by Crippen LogP contribution is 2.19. The van der Waals surface area contributed by atoms with Gasteiger partial charge in [0.2, 0.25) is 0 Å². The van der Waals surface area contributed by atoms with Crippen molar-refractivity contribution in [1.29, 1.82) is 0 Å². The lowest BCUT2D eigenvalue weighted by atomic mass is 10.0. The summed E-state index contributed by atoms with van der Waals surface area (Å²) in [6.45, 7) is 4.09. The molecule has 1 atom stereocenters. The Labute approximate surface area is 139 Å². The normalized spacial score (nSPS) is 17.7. The van der Waals surface area contributed by atoms with Crippen molar-refractivity contribution in [2.24, 2.45) is 0 Å². The summed E-state index contributed by atoms with van der Waals surface area (Å²) in [6.07, 6.45) is 2.41. The summed E-state index contributed by atoms with van der Waals surface area (Å²) >= 11 is 0. The first kappa shape index (κ1) is 16.0. The summed E-state index contributed by atoms with van der Waals surface area (Å²) in [6, 6.07) is 19.5. The highest BCUT2D eigenvalue weighted by Gasteiger charge is 2.26. The number of hydrogen-bond acceptors (Lipinski definition) is 3. The number of hydrogen-bond donors (Lipinski definition) is 1.